The number of aliphatic hydroxyl groups excluding tert-OH is 2. The fraction of sp³-hybridized carbons (Fsp3) is 1.00. The molecule has 0 aliphatic rings. The predicted octanol–water partition coefficient (Wildman–Crippen LogP) is 4.09. The van der Waals surface area contributed by atoms with Crippen LogP contribution in [0.2, 0.25) is 0 Å². The highest BCUT2D eigenvalue weighted by atomic mass is 17.2. The Morgan fingerprint density at radius 1 is 0.591 bits per heavy atom. The lowest BCUT2D eigenvalue weighted by Gasteiger charge is -2.31. The molecule has 2 N–H and O–H groups in total. The maximum Gasteiger partial charge on any atom is 0.0827 e. The molecule has 0 rings (SSSR count). The second-order valence-corrected chi connectivity index (χ2v) is 6.51. The van der Waals surface area contributed by atoms with Gasteiger partial charge in [0.15, 0.2) is 0 Å². The van der Waals surface area contributed by atoms with E-state index in [1.54, 1.807) is 0 Å². The van der Waals surface area contributed by atoms with E-state index in [-0.39, 0.29) is 24.0 Å². The van der Waals surface area contributed by atoms with Crippen molar-refractivity contribution in [2.24, 2.45) is 10.8 Å². The molecule has 0 saturated heterocycles. The molecule has 134 valence electrons. The van der Waals surface area contributed by atoms with Crippen molar-refractivity contribution < 1.29 is 20.0 Å². The molecule has 0 aromatic carbocycles. The number of hydrogen-bond donors (Lipinski definition) is 2. The van der Waals surface area contributed by atoms with Gasteiger partial charge in [0, 0.05) is 13.2 Å². The summed E-state index contributed by atoms with van der Waals surface area (Å²) < 4.78 is 0. The summed E-state index contributed by atoms with van der Waals surface area (Å²) in [5, 5.41) is 18.4. The van der Waals surface area contributed by atoms with Gasteiger partial charge in [-0.05, 0) is 36.5 Å². The largest absolute Gasteiger partial charge is 0.396 e. The second kappa shape index (κ2) is 12.3. The van der Waals surface area contributed by atoms with Crippen LogP contribution in [-0.2, 0) is 9.78 Å². The average molecular weight is 318 g/mol. The summed E-state index contributed by atoms with van der Waals surface area (Å²) >= 11 is 0. The third kappa shape index (κ3) is 7.40. The first-order chi connectivity index (χ1) is 10.6. The van der Waals surface area contributed by atoms with Crippen LogP contribution in [0.15, 0.2) is 0 Å². The van der Waals surface area contributed by atoms with Crippen molar-refractivity contribution in [3.05, 3.63) is 0 Å². The van der Waals surface area contributed by atoms with E-state index in [9.17, 15) is 10.2 Å². The van der Waals surface area contributed by atoms with Crippen LogP contribution in [-0.4, -0.2) is 36.6 Å². The van der Waals surface area contributed by atoms with Crippen molar-refractivity contribution in [2.45, 2.75) is 79.1 Å². The molecule has 0 radical (unpaired) electrons. The number of rotatable bonds is 15. The standard InChI is InChI=1S/C18H38O4/c1-5-17(6-2,9-13-19)11-15-21-22-16-12-18(7-3,8-4)10-14-20/h19-20H,5-16H2,1-4H3. The Labute approximate surface area is 137 Å². The van der Waals surface area contributed by atoms with E-state index in [1.165, 1.54) is 0 Å². The topological polar surface area (TPSA) is 58.9 Å². The van der Waals surface area contributed by atoms with Crippen LogP contribution in [0.5, 0.6) is 0 Å². The SMILES string of the molecule is CCC(CC)(CCO)CCOOCCC(CC)(CC)CCO. The predicted molar refractivity (Wildman–Crippen MR) is 90.6 cm³/mol. The molecule has 0 heterocycles. The Morgan fingerprint density at radius 2 is 0.909 bits per heavy atom. The van der Waals surface area contributed by atoms with E-state index in [1.807, 2.05) is 0 Å². The first-order valence-corrected chi connectivity index (χ1v) is 9.03. The third-order valence-corrected chi connectivity index (χ3v) is 5.80. The van der Waals surface area contributed by atoms with Crippen LogP contribution in [0.25, 0.3) is 0 Å². The highest BCUT2D eigenvalue weighted by molar-refractivity contribution is 4.76. The van der Waals surface area contributed by atoms with Gasteiger partial charge in [0.05, 0.1) is 13.2 Å². The average Bonchev–Trinajstić information content (AvgIpc) is 2.56. The first kappa shape index (κ1) is 21.8. The monoisotopic (exact) mass is 318 g/mol. The summed E-state index contributed by atoms with van der Waals surface area (Å²) in [4.78, 5) is 10.7. The quantitative estimate of drug-likeness (QED) is 0.271. The Hall–Kier alpha value is -0.160. The summed E-state index contributed by atoms with van der Waals surface area (Å²) in [5.74, 6) is 0. The molecule has 0 atom stereocenters. The molecule has 0 fully saturated rings. The minimum Gasteiger partial charge on any atom is -0.396 e. The molecule has 0 bridgehead atoms. The molecule has 0 unspecified atom stereocenters. The lowest BCUT2D eigenvalue weighted by Crippen LogP contribution is -2.24. The van der Waals surface area contributed by atoms with Gasteiger partial charge >= 0.3 is 0 Å². The lowest BCUT2D eigenvalue weighted by atomic mass is 9.77. The van der Waals surface area contributed by atoms with Gasteiger partial charge in [0.25, 0.3) is 0 Å². The van der Waals surface area contributed by atoms with Gasteiger partial charge in [-0.2, -0.15) is 0 Å². The van der Waals surface area contributed by atoms with E-state index in [0.717, 1.165) is 51.4 Å². The van der Waals surface area contributed by atoms with Crippen molar-refractivity contribution in [3.8, 4) is 0 Å². The molecule has 0 amide bonds. The van der Waals surface area contributed by atoms with Gasteiger partial charge < -0.3 is 10.2 Å². The van der Waals surface area contributed by atoms with Gasteiger partial charge in [-0.1, -0.05) is 53.4 Å². The molecular formula is C18H38O4. The molecule has 22 heavy (non-hydrogen) atoms. The van der Waals surface area contributed by atoms with Crippen LogP contribution in [0.1, 0.15) is 79.1 Å². The van der Waals surface area contributed by atoms with E-state index in [4.69, 9.17) is 9.78 Å². The minimum atomic E-state index is 0.172. The molecule has 0 aliphatic carbocycles. The van der Waals surface area contributed by atoms with Gasteiger partial charge in [-0.25, -0.2) is 9.78 Å². The Bertz CT molecular complexity index is 221. The Kier molecular flexibility index (Phi) is 12.2. The van der Waals surface area contributed by atoms with Crippen LogP contribution in [0.3, 0.4) is 0 Å². The number of aliphatic hydroxyl groups is 2. The van der Waals surface area contributed by atoms with E-state index < -0.39 is 0 Å². The molecule has 0 spiro atoms. The Morgan fingerprint density at radius 3 is 1.14 bits per heavy atom. The molecular weight excluding hydrogens is 280 g/mol. The molecule has 4 nitrogen and oxygen atoms in total. The highest BCUT2D eigenvalue weighted by Gasteiger charge is 2.26. The van der Waals surface area contributed by atoms with Crippen molar-refractivity contribution in [1.29, 1.82) is 0 Å². The lowest BCUT2D eigenvalue weighted by molar-refractivity contribution is -0.301. The Balaban J connectivity index is 4.01. The van der Waals surface area contributed by atoms with Gasteiger partial charge in [0.1, 0.15) is 0 Å². The zero-order valence-electron chi connectivity index (χ0n) is 15.2. The third-order valence-electron chi connectivity index (χ3n) is 5.80. The summed E-state index contributed by atoms with van der Waals surface area (Å²) in [5.41, 5.74) is 0.344. The van der Waals surface area contributed by atoms with E-state index in [2.05, 4.69) is 27.7 Å². The van der Waals surface area contributed by atoms with Gasteiger partial charge in [-0.3, -0.25) is 0 Å². The zero-order chi connectivity index (χ0) is 16.9. The summed E-state index contributed by atoms with van der Waals surface area (Å²) in [7, 11) is 0. The fourth-order valence-electron chi connectivity index (χ4n) is 3.27. The van der Waals surface area contributed by atoms with Gasteiger partial charge in [0.2, 0.25) is 0 Å². The number of hydrogen-bond acceptors (Lipinski definition) is 4. The maximum atomic E-state index is 9.21. The molecule has 4 heteroatoms. The summed E-state index contributed by atoms with van der Waals surface area (Å²) in [6, 6.07) is 0. The summed E-state index contributed by atoms with van der Waals surface area (Å²) in [6.45, 7) is 10.3. The van der Waals surface area contributed by atoms with Crippen molar-refractivity contribution in [2.75, 3.05) is 26.4 Å². The van der Waals surface area contributed by atoms with Crippen LogP contribution < -0.4 is 0 Å². The van der Waals surface area contributed by atoms with Crippen molar-refractivity contribution >= 4 is 0 Å². The van der Waals surface area contributed by atoms with E-state index in [0.29, 0.717) is 13.2 Å². The normalized spacial score (nSPS) is 12.8. The molecule has 0 aromatic rings. The maximum absolute atomic E-state index is 9.21. The molecule has 0 aliphatic heterocycles. The van der Waals surface area contributed by atoms with Crippen LogP contribution in [0, 0.1) is 10.8 Å². The fourth-order valence-corrected chi connectivity index (χ4v) is 3.27. The van der Waals surface area contributed by atoms with E-state index >= 15 is 0 Å². The second-order valence-electron chi connectivity index (χ2n) is 6.51. The van der Waals surface area contributed by atoms with Crippen LogP contribution in [0.4, 0.5) is 0 Å². The van der Waals surface area contributed by atoms with Crippen LogP contribution >= 0.6 is 0 Å². The molecule has 0 aromatic heterocycles. The summed E-state index contributed by atoms with van der Waals surface area (Å²) in [6.07, 6.45) is 7.71. The highest BCUT2D eigenvalue weighted by Crippen LogP contribution is 2.35. The van der Waals surface area contributed by atoms with Gasteiger partial charge in [-0.15, -0.1) is 0 Å². The first-order valence-electron chi connectivity index (χ1n) is 9.03. The minimum absolute atomic E-state index is 0.172. The van der Waals surface area contributed by atoms with Crippen molar-refractivity contribution in [3.63, 3.8) is 0 Å². The van der Waals surface area contributed by atoms with Crippen molar-refractivity contribution in [1.82, 2.24) is 0 Å². The molecule has 0 saturated carbocycles. The zero-order valence-corrected chi connectivity index (χ0v) is 15.2. The smallest absolute Gasteiger partial charge is 0.0827 e.